The predicted octanol–water partition coefficient (Wildman–Crippen LogP) is 3.39. The molecule has 0 N–H and O–H groups in total. The zero-order chi connectivity index (χ0) is 21.3. The van der Waals surface area contributed by atoms with E-state index < -0.39 is 4.92 Å². The second-order valence-corrected chi connectivity index (χ2v) is 7.32. The van der Waals surface area contributed by atoms with Gasteiger partial charge >= 0.3 is 0 Å². The molecular formula is C22H26FN3O4. The topological polar surface area (TPSA) is 75.9 Å². The Balaban J connectivity index is 1.28. The molecule has 1 aliphatic rings. The lowest BCUT2D eigenvalue weighted by molar-refractivity contribution is -0.384. The number of ketones is 1. The molecule has 3 rings (SSSR count). The molecule has 1 heterocycles. The van der Waals surface area contributed by atoms with E-state index in [-0.39, 0.29) is 17.3 Å². The van der Waals surface area contributed by atoms with E-state index in [9.17, 15) is 19.3 Å². The molecule has 1 saturated heterocycles. The molecule has 0 aliphatic carbocycles. The van der Waals surface area contributed by atoms with E-state index in [4.69, 9.17) is 4.74 Å². The van der Waals surface area contributed by atoms with Crippen molar-refractivity contribution in [1.29, 1.82) is 0 Å². The fourth-order valence-corrected chi connectivity index (χ4v) is 3.44. The molecule has 160 valence electrons. The molecule has 0 spiro atoms. The largest absolute Gasteiger partial charge is 0.492 e. The number of benzene rings is 2. The van der Waals surface area contributed by atoms with Gasteiger partial charge in [0.25, 0.3) is 5.69 Å². The molecule has 7 nitrogen and oxygen atoms in total. The fourth-order valence-electron chi connectivity index (χ4n) is 3.44. The molecule has 0 saturated carbocycles. The number of ether oxygens (including phenoxy) is 1. The number of carbonyl (C=O) groups excluding carboxylic acids is 1. The summed E-state index contributed by atoms with van der Waals surface area (Å²) in [7, 11) is 0. The van der Waals surface area contributed by atoms with E-state index in [1.54, 1.807) is 12.1 Å². The van der Waals surface area contributed by atoms with Crippen molar-refractivity contribution >= 4 is 11.5 Å². The van der Waals surface area contributed by atoms with Crippen LogP contribution in [0, 0.1) is 15.9 Å². The van der Waals surface area contributed by atoms with Crippen LogP contribution in [0.3, 0.4) is 0 Å². The van der Waals surface area contributed by atoms with Crippen LogP contribution in [-0.2, 0) is 0 Å². The number of nitro groups is 1. The number of halogens is 1. The molecule has 0 atom stereocenters. The summed E-state index contributed by atoms with van der Waals surface area (Å²) in [5.41, 5.74) is 0.618. The Kier molecular flexibility index (Phi) is 7.87. The second kappa shape index (κ2) is 10.8. The zero-order valence-electron chi connectivity index (χ0n) is 16.8. The van der Waals surface area contributed by atoms with Crippen molar-refractivity contribution < 1.29 is 18.8 Å². The average molecular weight is 415 g/mol. The van der Waals surface area contributed by atoms with Crippen LogP contribution < -0.4 is 4.74 Å². The van der Waals surface area contributed by atoms with Crippen molar-refractivity contribution in [3.8, 4) is 5.75 Å². The number of hydrogen-bond donors (Lipinski definition) is 0. The van der Waals surface area contributed by atoms with Gasteiger partial charge in [-0.3, -0.25) is 19.8 Å². The first kappa shape index (κ1) is 21.9. The molecule has 0 radical (unpaired) electrons. The Hall–Kier alpha value is -2.84. The third-order valence-corrected chi connectivity index (χ3v) is 5.23. The van der Waals surface area contributed by atoms with Crippen molar-refractivity contribution in [2.45, 2.75) is 12.8 Å². The van der Waals surface area contributed by atoms with Crippen molar-refractivity contribution in [1.82, 2.24) is 9.80 Å². The van der Waals surface area contributed by atoms with Crippen molar-refractivity contribution in [3.63, 3.8) is 0 Å². The van der Waals surface area contributed by atoms with Gasteiger partial charge in [0.1, 0.15) is 18.2 Å². The maximum Gasteiger partial charge on any atom is 0.269 e. The molecule has 1 fully saturated rings. The second-order valence-electron chi connectivity index (χ2n) is 7.32. The molecule has 0 aromatic heterocycles. The van der Waals surface area contributed by atoms with Crippen molar-refractivity contribution in [2.75, 3.05) is 45.9 Å². The van der Waals surface area contributed by atoms with Gasteiger partial charge in [0.2, 0.25) is 0 Å². The summed E-state index contributed by atoms with van der Waals surface area (Å²) in [6.07, 6.45) is 1.26. The lowest BCUT2D eigenvalue weighted by atomic mass is 10.1. The van der Waals surface area contributed by atoms with Gasteiger partial charge in [-0.2, -0.15) is 0 Å². The number of hydrogen-bond acceptors (Lipinski definition) is 6. The van der Waals surface area contributed by atoms with Crippen LogP contribution in [0.5, 0.6) is 5.75 Å². The van der Waals surface area contributed by atoms with E-state index in [1.165, 1.54) is 36.4 Å². The van der Waals surface area contributed by atoms with E-state index in [2.05, 4.69) is 9.80 Å². The van der Waals surface area contributed by atoms with Crippen LogP contribution in [0.4, 0.5) is 10.1 Å². The van der Waals surface area contributed by atoms with Crippen LogP contribution in [0.15, 0.2) is 48.5 Å². The van der Waals surface area contributed by atoms with E-state index >= 15 is 0 Å². The highest BCUT2D eigenvalue weighted by molar-refractivity contribution is 5.95. The number of non-ortho nitro benzene ring substituents is 1. The summed E-state index contributed by atoms with van der Waals surface area (Å²) in [5, 5.41) is 10.7. The summed E-state index contributed by atoms with van der Waals surface area (Å²) in [5.74, 6) is 0.352. The molecular weight excluding hydrogens is 389 g/mol. The monoisotopic (exact) mass is 415 g/mol. The highest BCUT2D eigenvalue weighted by atomic mass is 19.1. The van der Waals surface area contributed by atoms with Gasteiger partial charge < -0.3 is 9.64 Å². The lowest BCUT2D eigenvalue weighted by Gasteiger charge is -2.34. The Morgan fingerprint density at radius 2 is 1.57 bits per heavy atom. The highest BCUT2D eigenvalue weighted by Gasteiger charge is 2.17. The molecule has 0 unspecified atom stereocenters. The molecule has 2 aromatic carbocycles. The molecule has 30 heavy (non-hydrogen) atoms. The van der Waals surface area contributed by atoms with E-state index in [0.717, 1.165) is 45.7 Å². The van der Waals surface area contributed by atoms with E-state index in [0.29, 0.717) is 24.3 Å². The summed E-state index contributed by atoms with van der Waals surface area (Å²) in [6, 6.07) is 11.8. The first-order chi connectivity index (χ1) is 14.5. The summed E-state index contributed by atoms with van der Waals surface area (Å²) in [4.78, 5) is 27.0. The molecule has 1 aliphatic heterocycles. The first-order valence-corrected chi connectivity index (χ1v) is 10.1. The highest BCUT2D eigenvalue weighted by Crippen LogP contribution is 2.17. The molecule has 2 aromatic rings. The Morgan fingerprint density at radius 1 is 0.967 bits per heavy atom. The van der Waals surface area contributed by atoms with Crippen molar-refractivity contribution in [2.24, 2.45) is 0 Å². The van der Waals surface area contributed by atoms with Gasteiger partial charge in [0.05, 0.1) is 4.92 Å². The summed E-state index contributed by atoms with van der Waals surface area (Å²) >= 11 is 0. The number of rotatable bonds is 10. The van der Waals surface area contributed by atoms with Crippen LogP contribution in [0.25, 0.3) is 0 Å². The average Bonchev–Trinajstić information content (AvgIpc) is 2.75. The van der Waals surface area contributed by atoms with Gasteiger partial charge in [-0.1, -0.05) is 0 Å². The quantitative estimate of drug-likeness (QED) is 0.336. The number of nitrogens with zero attached hydrogens (tertiary/aromatic N) is 3. The summed E-state index contributed by atoms with van der Waals surface area (Å²) in [6.45, 7) is 5.98. The number of piperazine rings is 1. The van der Waals surface area contributed by atoms with Gasteiger partial charge in [0.15, 0.2) is 5.78 Å². The smallest absolute Gasteiger partial charge is 0.269 e. The van der Waals surface area contributed by atoms with Crippen LogP contribution in [0.2, 0.25) is 0 Å². The Labute approximate surface area is 175 Å². The zero-order valence-corrected chi connectivity index (χ0v) is 16.8. The maximum atomic E-state index is 12.9. The number of nitro benzene ring substituents is 1. The summed E-state index contributed by atoms with van der Waals surface area (Å²) < 4.78 is 18.6. The third-order valence-electron chi connectivity index (χ3n) is 5.23. The van der Waals surface area contributed by atoms with Crippen LogP contribution in [0.1, 0.15) is 23.2 Å². The third kappa shape index (κ3) is 6.60. The molecule has 8 heteroatoms. The lowest BCUT2D eigenvalue weighted by Crippen LogP contribution is -2.47. The minimum absolute atomic E-state index is 0.0528. The van der Waals surface area contributed by atoms with E-state index in [1.807, 2.05) is 0 Å². The fraction of sp³-hybridized carbons (Fsp3) is 0.409. The molecule has 0 amide bonds. The van der Waals surface area contributed by atoms with Gasteiger partial charge in [-0.05, 0) is 49.4 Å². The Bertz CT molecular complexity index is 834. The number of carbonyl (C=O) groups is 1. The van der Waals surface area contributed by atoms with Crippen LogP contribution >= 0.6 is 0 Å². The van der Waals surface area contributed by atoms with Gasteiger partial charge in [0, 0.05) is 56.8 Å². The minimum atomic E-state index is -0.429. The standard InChI is InChI=1S/C22H26FN3O4/c23-19-5-3-18(4-6-19)22(27)2-1-11-24-12-14-25(15-13-24)16-17-30-21-9-7-20(8-10-21)26(28)29/h3-10H,1-2,11-17H2. The Morgan fingerprint density at radius 3 is 2.17 bits per heavy atom. The van der Waals surface area contributed by atoms with Gasteiger partial charge in [-0.15, -0.1) is 0 Å². The normalized spacial score (nSPS) is 15.1. The van der Waals surface area contributed by atoms with Gasteiger partial charge in [-0.25, -0.2) is 4.39 Å². The minimum Gasteiger partial charge on any atom is -0.492 e. The molecule has 0 bridgehead atoms. The van der Waals surface area contributed by atoms with Crippen molar-refractivity contribution in [3.05, 3.63) is 70.0 Å². The predicted molar refractivity (Wildman–Crippen MR) is 111 cm³/mol. The first-order valence-electron chi connectivity index (χ1n) is 10.1. The SMILES string of the molecule is O=C(CCCN1CCN(CCOc2ccc([N+](=O)[O-])cc2)CC1)c1ccc(F)cc1. The number of Topliss-reactive ketones (excluding diaryl/α,β-unsaturated/α-hetero) is 1. The maximum absolute atomic E-state index is 12.9. The van der Waals surface area contributed by atoms with Crippen LogP contribution in [-0.4, -0.2) is 66.4 Å².